The quantitative estimate of drug-likeness (QED) is 0.227. The second kappa shape index (κ2) is 12.3. The van der Waals surface area contributed by atoms with Gasteiger partial charge in [-0.15, -0.1) is 0 Å². The van der Waals surface area contributed by atoms with Gasteiger partial charge in [0, 0.05) is 6.54 Å². The number of nitrogens with one attached hydrogen (secondary N) is 1. The second-order valence-corrected chi connectivity index (χ2v) is 13.2. The molecule has 252 valence electrons. The van der Waals surface area contributed by atoms with E-state index in [1.54, 1.807) is 19.1 Å². The van der Waals surface area contributed by atoms with Crippen LogP contribution in [0.2, 0.25) is 0 Å². The summed E-state index contributed by atoms with van der Waals surface area (Å²) in [5.41, 5.74) is 1.72. The SMILES string of the molecule is COc1ccc(C(OC[C@]23CN4[C@H]([C@@H](O2)N2C(=O)NC(=O)[C@H](C)[C@@H]42)[C@H]3OCc2ccccc2)(c2ccccc2)c2ccc(OC)cc2)cc1. The summed E-state index contributed by atoms with van der Waals surface area (Å²) in [6.07, 6.45) is -1.49. The van der Waals surface area contributed by atoms with Crippen molar-refractivity contribution in [3.05, 3.63) is 131 Å². The molecule has 0 saturated carbocycles. The maximum atomic E-state index is 13.3. The van der Waals surface area contributed by atoms with Crippen LogP contribution in [0, 0.1) is 5.92 Å². The Morgan fingerprint density at radius 1 is 0.816 bits per heavy atom. The highest BCUT2D eigenvalue weighted by molar-refractivity contribution is 5.98. The van der Waals surface area contributed by atoms with Gasteiger partial charge < -0.3 is 23.7 Å². The third-order valence-electron chi connectivity index (χ3n) is 10.5. The molecule has 4 heterocycles. The predicted octanol–water partition coefficient (Wildman–Crippen LogP) is 4.90. The Hall–Kier alpha value is -4.74. The van der Waals surface area contributed by atoms with Crippen LogP contribution < -0.4 is 14.8 Å². The molecule has 4 fully saturated rings. The molecule has 4 aliphatic heterocycles. The number of carbonyl (C=O) groups is 2. The van der Waals surface area contributed by atoms with Crippen LogP contribution in [0.5, 0.6) is 11.5 Å². The minimum Gasteiger partial charge on any atom is -0.497 e. The first-order valence-electron chi connectivity index (χ1n) is 16.6. The number of nitrogens with zero attached hydrogens (tertiary/aromatic N) is 2. The van der Waals surface area contributed by atoms with Crippen LogP contribution in [-0.2, 0) is 31.2 Å². The molecule has 3 amide bonds. The molecule has 1 N–H and O–H groups in total. The number of hydrogen-bond acceptors (Lipinski definition) is 8. The lowest BCUT2D eigenvalue weighted by molar-refractivity contribution is -0.169. The highest BCUT2D eigenvalue weighted by Gasteiger charge is 2.74. The molecule has 10 nitrogen and oxygen atoms in total. The zero-order valence-corrected chi connectivity index (χ0v) is 27.7. The molecule has 0 aromatic heterocycles. The van der Waals surface area contributed by atoms with Gasteiger partial charge in [0.25, 0.3) is 0 Å². The van der Waals surface area contributed by atoms with Crippen molar-refractivity contribution in [2.45, 2.75) is 49.3 Å². The number of methoxy groups -OCH3 is 2. The zero-order chi connectivity index (χ0) is 33.8. The summed E-state index contributed by atoms with van der Waals surface area (Å²) in [6.45, 7) is 2.78. The lowest BCUT2D eigenvalue weighted by Crippen LogP contribution is -2.61. The van der Waals surface area contributed by atoms with Crippen LogP contribution in [0.25, 0.3) is 0 Å². The van der Waals surface area contributed by atoms with E-state index in [1.165, 1.54) is 0 Å². The molecule has 8 rings (SSSR count). The fourth-order valence-corrected chi connectivity index (χ4v) is 8.18. The van der Waals surface area contributed by atoms with Gasteiger partial charge in [-0.3, -0.25) is 19.9 Å². The number of benzene rings is 4. The lowest BCUT2D eigenvalue weighted by atomic mass is 9.79. The Bertz CT molecular complexity index is 1770. The van der Waals surface area contributed by atoms with E-state index in [-0.39, 0.29) is 18.6 Å². The first kappa shape index (κ1) is 31.5. The van der Waals surface area contributed by atoms with E-state index >= 15 is 0 Å². The normalized spacial score (nSPS) is 27.2. The molecule has 49 heavy (non-hydrogen) atoms. The number of carbonyl (C=O) groups excluding carboxylic acids is 2. The lowest BCUT2D eigenvalue weighted by Gasteiger charge is -2.40. The van der Waals surface area contributed by atoms with E-state index in [2.05, 4.69) is 22.3 Å². The number of imide groups is 1. The van der Waals surface area contributed by atoms with Crippen molar-refractivity contribution in [3.8, 4) is 11.5 Å². The topological polar surface area (TPSA) is 98.8 Å². The first-order valence-corrected chi connectivity index (χ1v) is 16.6. The summed E-state index contributed by atoms with van der Waals surface area (Å²) >= 11 is 0. The molecule has 2 bridgehead atoms. The van der Waals surface area contributed by atoms with Gasteiger partial charge in [-0.1, -0.05) is 91.9 Å². The van der Waals surface area contributed by atoms with Crippen LogP contribution in [0.4, 0.5) is 4.79 Å². The number of fused-ring (bicyclic) bond motifs is 4. The van der Waals surface area contributed by atoms with Crippen molar-refractivity contribution in [2.75, 3.05) is 27.4 Å². The molecular formula is C39H39N3O7. The Kier molecular flexibility index (Phi) is 7.91. The van der Waals surface area contributed by atoms with E-state index in [9.17, 15) is 9.59 Å². The summed E-state index contributed by atoms with van der Waals surface area (Å²) in [4.78, 5) is 30.1. The minimum absolute atomic E-state index is 0.132. The Labute approximate surface area is 285 Å². The number of morpholine rings is 1. The van der Waals surface area contributed by atoms with Gasteiger partial charge in [-0.05, 0) is 46.5 Å². The third-order valence-corrected chi connectivity index (χ3v) is 10.5. The van der Waals surface area contributed by atoms with Crippen molar-refractivity contribution in [3.63, 3.8) is 0 Å². The second-order valence-electron chi connectivity index (χ2n) is 13.2. The van der Waals surface area contributed by atoms with Gasteiger partial charge in [-0.25, -0.2) is 4.79 Å². The number of ether oxygens (including phenoxy) is 5. The fraction of sp³-hybridized carbons (Fsp3) is 0.333. The standard InChI is InChI=1S/C39H39N3O7/c1-25-34(43)40-37(44)42-35(25)41-23-38(33(32(41)36(42)49-38)47-22-26-10-6-4-7-11-26)24-48-39(27-12-8-5-9-13-27,28-14-18-30(45-2)19-15-28)29-16-20-31(46-3)21-17-29/h4-21,25,32-33,35-36H,22-24H2,1-3H3,(H,40,43,44)/t25-,32-,33+,35-,36+,38-/m0/s1. The first-order chi connectivity index (χ1) is 23.9. The smallest absolute Gasteiger partial charge is 0.327 e. The van der Waals surface area contributed by atoms with Crippen molar-refractivity contribution < 1.29 is 33.3 Å². The monoisotopic (exact) mass is 661 g/mol. The van der Waals surface area contributed by atoms with Crippen LogP contribution in [0.15, 0.2) is 109 Å². The van der Waals surface area contributed by atoms with E-state index in [0.29, 0.717) is 13.2 Å². The Balaban J connectivity index is 1.23. The summed E-state index contributed by atoms with van der Waals surface area (Å²) in [5.74, 6) is 0.730. The van der Waals surface area contributed by atoms with Crippen molar-refractivity contribution in [1.82, 2.24) is 15.1 Å². The summed E-state index contributed by atoms with van der Waals surface area (Å²) < 4.78 is 32.2. The molecule has 0 spiro atoms. The third kappa shape index (κ3) is 5.01. The molecule has 4 aromatic carbocycles. The van der Waals surface area contributed by atoms with Crippen LogP contribution in [0.3, 0.4) is 0 Å². The molecule has 0 unspecified atom stereocenters. The average Bonchev–Trinajstić information content (AvgIpc) is 3.70. The summed E-state index contributed by atoms with van der Waals surface area (Å²) in [5, 5.41) is 2.53. The molecule has 0 radical (unpaired) electrons. The average molecular weight is 662 g/mol. The van der Waals surface area contributed by atoms with Gasteiger partial charge in [0.2, 0.25) is 5.91 Å². The summed E-state index contributed by atoms with van der Waals surface area (Å²) in [6, 6.07) is 35.2. The van der Waals surface area contributed by atoms with Gasteiger partial charge in [0.15, 0.2) is 6.23 Å². The number of amides is 3. The van der Waals surface area contributed by atoms with E-state index in [1.807, 2.05) is 104 Å². The maximum absolute atomic E-state index is 13.3. The molecular weight excluding hydrogens is 622 g/mol. The van der Waals surface area contributed by atoms with Gasteiger partial charge in [-0.2, -0.15) is 0 Å². The molecule has 4 aliphatic rings. The molecule has 4 aromatic rings. The van der Waals surface area contributed by atoms with Crippen molar-refractivity contribution in [2.24, 2.45) is 5.92 Å². The highest BCUT2D eigenvalue weighted by atomic mass is 16.6. The van der Waals surface area contributed by atoms with Gasteiger partial charge in [0.05, 0.1) is 39.4 Å². The number of urea groups is 1. The van der Waals surface area contributed by atoms with Gasteiger partial charge in [0.1, 0.15) is 35.0 Å². The molecule has 4 saturated heterocycles. The van der Waals surface area contributed by atoms with Crippen LogP contribution in [0.1, 0.15) is 29.2 Å². The molecule has 6 atom stereocenters. The Morgan fingerprint density at radius 3 is 1.98 bits per heavy atom. The molecule has 0 aliphatic carbocycles. The highest BCUT2D eigenvalue weighted by Crippen LogP contribution is 2.54. The van der Waals surface area contributed by atoms with E-state index in [4.69, 9.17) is 23.7 Å². The number of hydrogen-bond donors (Lipinski definition) is 1. The van der Waals surface area contributed by atoms with E-state index in [0.717, 1.165) is 33.8 Å². The predicted molar refractivity (Wildman–Crippen MR) is 180 cm³/mol. The Morgan fingerprint density at radius 2 is 1.39 bits per heavy atom. The van der Waals surface area contributed by atoms with Gasteiger partial charge >= 0.3 is 6.03 Å². The van der Waals surface area contributed by atoms with Crippen LogP contribution in [-0.4, -0.2) is 79.2 Å². The van der Waals surface area contributed by atoms with E-state index < -0.39 is 41.6 Å². The molecule has 10 heteroatoms. The van der Waals surface area contributed by atoms with Crippen molar-refractivity contribution in [1.29, 1.82) is 0 Å². The minimum atomic E-state index is -1.08. The van der Waals surface area contributed by atoms with Crippen LogP contribution >= 0.6 is 0 Å². The zero-order valence-electron chi connectivity index (χ0n) is 27.7. The number of rotatable bonds is 11. The summed E-state index contributed by atoms with van der Waals surface area (Å²) in [7, 11) is 3.29. The maximum Gasteiger partial charge on any atom is 0.327 e. The largest absolute Gasteiger partial charge is 0.497 e. The fourth-order valence-electron chi connectivity index (χ4n) is 8.18. The van der Waals surface area contributed by atoms with Crippen molar-refractivity contribution >= 4 is 11.9 Å².